The van der Waals surface area contributed by atoms with E-state index in [1.165, 1.54) is 7.05 Å². The van der Waals surface area contributed by atoms with Crippen LogP contribution in [0.2, 0.25) is 51.4 Å². The number of hydrogen-bond acceptors (Lipinski definition) is 14. The van der Waals surface area contributed by atoms with Gasteiger partial charge in [0.2, 0.25) is 0 Å². The van der Waals surface area contributed by atoms with Gasteiger partial charge in [-0.2, -0.15) is 0 Å². The highest BCUT2D eigenvalue weighted by Crippen LogP contribution is 2.26. The molecule has 51 heavy (non-hydrogen) atoms. The normalized spacial score (nSPS) is 12.9. The van der Waals surface area contributed by atoms with Crippen LogP contribution in [-0.4, -0.2) is 186 Å². The number of carboxylic acid groups (broad SMARTS) is 1. The van der Waals surface area contributed by atoms with Crippen molar-refractivity contribution < 1.29 is 66.0 Å². The van der Waals surface area contributed by atoms with E-state index in [0.717, 1.165) is 36.3 Å². The zero-order valence-electron chi connectivity index (χ0n) is 34.1. The van der Waals surface area contributed by atoms with Crippen molar-refractivity contribution in [3.8, 4) is 0 Å². The van der Waals surface area contributed by atoms with E-state index >= 15 is 0 Å². The number of carboxylic acids is 1. The molecule has 0 radical (unpaired) electrons. The summed E-state index contributed by atoms with van der Waals surface area (Å²) >= 11 is 0. The number of hydrogen-bond donors (Lipinski definition) is 3. The van der Waals surface area contributed by atoms with Gasteiger partial charge < -0.3 is 71.7 Å². The summed E-state index contributed by atoms with van der Waals surface area (Å²) in [6.07, 6.45) is 1.47. The Morgan fingerprint density at radius 1 is 0.627 bits per heavy atom. The maximum absolute atomic E-state index is 10.1. The van der Waals surface area contributed by atoms with Crippen molar-refractivity contribution in [1.82, 2.24) is 0 Å². The molecule has 4 N–H and O–H groups in total. The molecule has 0 spiro atoms. The topological polar surface area (TPSA) is 190 Å². The van der Waals surface area contributed by atoms with Crippen LogP contribution in [0.5, 0.6) is 0 Å². The Labute approximate surface area is 313 Å². The number of ether oxygens (including phenoxy) is 7. The standard InChI is InChI=1S/C30H70NO11Si3.C2H4O2.CH5N/c1-31(2,3)28-30(33)29-40-14-11-27-44(6,7)42-45(8,9)41-43(4,5)26-10-13-34-16-18-36-20-22-38-24-25-39-23-21-37-19-17-35-15-12-32;1-2(3)4;1-2/h30,32-33H,10-29H2,1-9H3;1H3,(H,3,4);2H2,1H3/q+1;;/p-1. The first-order valence-electron chi connectivity index (χ1n) is 18.1. The summed E-state index contributed by atoms with van der Waals surface area (Å²) in [5, 5.41) is 27.6. The highest BCUT2D eigenvalue weighted by molar-refractivity contribution is 6.87. The number of quaternary nitrogens is 1. The van der Waals surface area contributed by atoms with Crippen LogP contribution in [0.4, 0.5) is 0 Å². The molecule has 0 aliphatic carbocycles. The van der Waals surface area contributed by atoms with Crippen LogP contribution >= 0.6 is 0 Å². The van der Waals surface area contributed by atoms with Gasteiger partial charge in [-0.3, -0.25) is 0 Å². The van der Waals surface area contributed by atoms with E-state index < -0.39 is 37.3 Å². The van der Waals surface area contributed by atoms with Crippen molar-refractivity contribution in [1.29, 1.82) is 0 Å². The molecule has 0 aromatic carbocycles. The predicted octanol–water partition coefficient (Wildman–Crippen LogP) is 1.42. The number of carbonyl (C=O) groups is 1. The molecular formula is C33H78N2O13Si3. The molecule has 0 heterocycles. The molecule has 0 aromatic heterocycles. The van der Waals surface area contributed by atoms with Crippen molar-refractivity contribution in [3.63, 3.8) is 0 Å². The highest BCUT2D eigenvalue weighted by Gasteiger charge is 2.39. The van der Waals surface area contributed by atoms with Gasteiger partial charge in [-0.05, 0) is 78.2 Å². The molecule has 0 aromatic rings. The zero-order chi connectivity index (χ0) is 39.7. The van der Waals surface area contributed by atoms with E-state index in [4.69, 9.17) is 56.4 Å². The lowest BCUT2D eigenvalue weighted by Crippen LogP contribution is -2.52. The van der Waals surface area contributed by atoms with Gasteiger partial charge in [0.05, 0.1) is 107 Å². The minimum absolute atomic E-state index is 0.0286. The third-order valence-electron chi connectivity index (χ3n) is 6.34. The zero-order valence-corrected chi connectivity index (χ0v) is 37.1. The molecule has 0 amide bonds. The summed E-state index contributed by atoms with van der Waals surface area (Å²) in [6, 6.07) is 2.04. The lowest BCUT2D eigenvalue weighted by atomic mass is 10.3. The molecule has 0 saturated carbocycles. The van der Waals surface area contributed by atoms with Gasteiger partial charge in [-0.15, -0.1) is 0 Å². The third kappa shape index (κ3) is 47.6. The van der Waals surface area contributed by atoms with Crippen LogP contribution in [0, 0.1) is 0 Å². The Morgan fingerprint density at radius 2 is 0.922 bits per heavy atom. The highest BCUT2D eigenvalue weighted by atomic mass is 28.5. The van der Waals surface area contributed by atoms with Gasteiger partial charge in [-0.25, -0.2) is 0 Å². The van der Waals surface area contributed by atoms with E-state index in [0.29, 0.717) is 99.0 Å². The molecule has 0 fully saturated rings. The van der Waals surface area contributed by atoms with Crippen LogP contribution in [0.3, 0.4) is 0 Å². The van der Waals surface area contributed by atoms with Crippen LogP contribution < -0.4 is 10.8 Å². The summed E-state index contributed by atoms with van der Waals surface area (Å²) in [7, 11) is 1.68. The monoisotopic (exact) mass is 794 g/mol. The average molecular weight is 795 g/mol. The lowest BCUT2D eigenvalue weighted by Gasteiger charge is -2.38. The average Bonchev–Trinajstić information content (AvgIpc) is 2.98. The molecule has 310 valence electrons. The molecule has 18 heteroatoms. The maximum Gasteiger partial charge on any atom is 0.311 e. The summed E-state index contributed by atoms with van der Waals surface area (Å²) < 4.78 is 52.6. The second-order valence-corrected chi connectivity index (χ2v) is 26.9. The SMILES string of the molecule is CC(=O)[O-].CN.C[N+](C)(C)CC(O)COCCC[Si](C)(C)O[Si](C)(C)O[Si](C)(C)CCCOCCOCCOCCOCCOCCOCCO. The van der Waals surface area contributed by atoms with E-state index in [-0.39, 0.29) is 6.61 Å². The number of aliphatic hydroxyl groups excluding tert-OH is 2. The van der Waals surface area contributed by atoms with Crippen molar-refractivity contribution in [2.24, 2.45) is 5.73 Å². The predicted molar refractivity (Wildman–Crippen MR) is 206 cm³/mol. The minimum Gasteiger partial charge on any atom is -0.550 e. The number of rotatable bonds is 33. The largest absolute Gasteiger partial charge is 0.550 e. The van der Waals surface area contributed by atoms with Gasteiger partial charge >= 0.3 is 8.56 Å². The molecule has 0 rings (SSSR count). The molecule has 1 atom stereocenters. The van der Waals surface area contributed by atoms with Crippen LogP contribution in [0.1, 0.15) is 19.8 Å². The molecule has 15 nitrogen and oxygen atoms in total. The first-order valence-corrected chi connectivity index (χ1v) is 27.1. The molecule has 0 aliphatic rings. The summed E-state index contributed by atoms with van der Waals surface area (Å²) in [4.78, 5) is 8.89. The van der Waals surface area contributed by atoms with E-state index in [2.05, 4.69) is 66.2 Å². The Bertz CT molecular complexity index is 777. The summed E-state index contributed by atoms with van der Waals surface area (Å²) in [5.41, 5.74) is 4.50. The fraction of sp³-hybridized carbons (Fsp3) is 0.970. The summed E-state index contributed by atoms with van der Waals surface area (Å²) in [5.74, 6) is -1.08. The fourth-order valence-electron chi connectivity index (χ4n) is 4.82. The Morgan fingerprint density at radius 3 is 1.24 bits per heavy atom. The molecule has 0 aliphatic heterocycles. The second-order valence-electron chi connectivity index (χ2n) is 14.4. The van der Waals surface area contributed by atoms with Crippen molar-refractivity contribution in [3.05, 3.63) is 0 Å². The van der Waals surface area contributed by atoms with Gasteiger partial charge in [0.1, 0.15) is 12.6 Å². The van der Waals surface area contributed by atoms with Gasteiger partial charge in [0, 0.05) is 19.2 Å². The number of nitrogens with zero attached hydrogens (tertiary/aromatic N) is 1. The Kier molecular flexibility index (Phi) is 36.8. The van der Waals surface area contributed by atoms with Gasteiger partial charge in [0.15, 0.2) is 16.6 Å². The second kappa shape index (κ2) is 34.1. The maximum atomic E-state index is 10.1. The van der Waals surface area contributed by atoms with Crippen LogP contribution in [0.15, 0.2) is 0 Å². The van der Waals surface area contributed by atoms with Crippen molar-refractivity contribution in [2.75, 3.05) is 134 Å². The number of likely N-dealkylation sites (N-methyl/N-ethyl adjacent to an activating group) is 1. The van der Waals surface area contributed by atoms with Crippen LogP contribution in [-0.2, 0) is 46.2 Å². The molecule has 0 bridgehead atoms. The van der Waals surface area contributed by atoms with Crippen LogP contribution in [0.25, 0.3) is 0 Å². The van der Waals surface area contributed by atoms with E-state index in [9.17, 15) is 5.11 Å². The van der Waals surface area contributed by atoms with Gasteiger partial charge in [0.25, 0.3) is 0 Å². The number of aliphatic carboxylic acids is 1. The van der Waals surface area contributed by atoms with Crippen molar-refractivity contribution >= 4 is 31.2 Å². The Hall–Kier alpha value is -0.399. The van der Waals surface area contributed by atoms with E-state index in [1.807, 2.05) is 0 Å². The number of aliphatic hydroxyl groups is 2. The van der Waals surface area contributed by atoms with Gasteiger partial charge in [-0.1, -0.05) is 0 Å². The Balaban J connectivity index is -0.00000356. The fourth-order valence-corrected chi connectivity index (χ4v) is 18.8. The molecular weight excluding hydrogens is 717 g/mol. The molecule has 1 unspecified atom stereocenters. The number of carbonyl (C=O) groups excluding carboxylic acids is 1. The lowest BCUT2D eigenvalue weighted by molar-refractivity contribution is -0.873. The first-order chi connectivity index (χ1) is 23.8. The van der Waals surface area contributed by atoms with E-state index in [1.54, 1.807) is 0 Å². The first kappa shape index (κ1) is 54.9. The number of nitrogens with two attached hydrogens (primary N) is 1. The molecule has 0 saturated heterocycles. The minimum atomic E-state index is -2.26. The quantitative estimate of drug-likeness (QED) is 0.0492. The summed E-state index contributed by atoms with van der Waals surface area (Å²) in [6.45, 7) is 22.4. The third-order valence-corrected chi connectivity index (χ3v) is 17.8. The van der Waals surface area contributed by atoms with Crippen molar-refractivity contribution in [2.45, 2.75) is 77.2 Å². The smallest absolute Gasteiger partial charge is 0.311 e.